The molecule has 3 rings (SSSR count). The van der Waals surface area contributed by atoms with Crippen molar-refractivity contribution in [3.63, 3.8) is 0 Å². The zero-order valence-corrected chi connectivity index (χ0v) is 8.96. The summed E-state index contributed by atoms with van der Waals surface area (Å²) < 4.78 is 25.3. The summed E-state index contributed by atoms with van der Waals surface area (Å²) in [6.45, 7) is 2.21. The Hall–Kier alpha value is -1.29. The Morgan fingerprint density at radius 2 is 2.00 bits per heavy atom. The average Bonchev–Trinajstić information content (AvgIpc) is 2.77. The predicted octanol–water partition coefficient (Wildman–Crippen LogP) is 1.62. The highest BCUT2D eigenvalue weighted by Crippen LogP contribution is 2.38. The fourth-order valence-electron chi connectivity index (χ4n) is 2.23. The molecule has 1 fully saturated rings. The Kier molecular flexibility index (Phi) is 2.24. The van der Waals surface area contributed by atoms with Crippen molar-refractivity contribution in [2.75, 3.05) is 26.3 Å². The van der Waals surface area contributed by atoms with E-state index >= 15 is 0 Å². The number of benzene rings is 1. The number of ether oxygens (including phenoxy) is 2. The highest BCUT2D eigenvalue weighted by atomic mass is 19.1. The number of halogens is 1. The first kappa shape index (κ1) is 9.90. The molecule has 1 aromatic carbocycles. The van der Waals surface area contributed by atoms with Gasteiger partial charge in [0.1, 0.15) is 18.9 Å². The lowest BCUT2D eigenvalue weighted by molar-refractivity contribution is 0.166. The monoisotopic (exact) mass is 223 g/mol. The van der Waals surface area contributed by atoms with Crippen LogP contribution in [-0.4, -0.2) is 26.3 Å². The van der Waals surface area contributed by atoms with Gasteiger partial charge in [0.15, 0.2) is 11.5 Å². The van der Waals surface area contributed by atoms with Crippen molar-refractivity contribution in [1.82, 2.24) is 5.32 Å². The van der Waals surface area contributed by atoms with Crippen LogP contribution in [0.4, 0.5) is 4.39 Å². The summed E-state index contributed by atoms with van der Waals surface area (Å²) in [6.07, 6.45) is 0.520. The van der Waals surface area contributed by atoms with E-state index in [1.54, 1.807) is 18.2 Å². The van der Waals surface area contributed by atoms with E-state index in [4.69, 9.17) is 9.47 Å². The summed E-state index contributed by atoms with van der Waals surface area (Å²) in [5.41, 5.74) is -0.572. The largest absolute Gasteiger partial charge is 0.486 e. The van der Waals surface area contributed by atoms with E-state index in [0.29, 0.717) is 43.2 Å². The quantitative estimate of drug-likeness (QED) is 0.784. The molecule has 0 radical (unpaired) electrons. The van der Waals surface area contributed by atoms with Gasteiger partial charge in [-0.3, -0.25) is 0 Å². The molecule has 1 unspecified atom stereocenters. The van der Waals surface area contributed by atoms with Gasteiger partial charge in [-0.2, -0.15) is 0 Å². The average molecular weight is 223 g/mol. The smallest absolute Gasteiger partial charge is 0.161 e. The fourth-order valence-corrected chi connectivity index (χ4v) is 2.23. The third-order valence-corrected chi connectivity index (χ3v) is 3.16. The van der Waals surface area contributed by atoms with Gasteiger partial charge in [0.05, 0.1) is 0 Å². The van der Waals surface area contributed by atoms with Crippen molar-refractivity contribution < 1.29 is 13.9 Å². The van der Waals surface area contributed by atoms with E-state index in [9.17, 15) is 4.39 Å². The molecule has 1 saturated heterocycles. The SMILES string of the molecule is FC1(c2ccc3c(c2)OCCO3)CCNC1. The molecule has 3 nitrogen and oxygen atoms in total. The molecule has 1 aromatic rings. The van der Waals surface area contributed by atoms with Gasteiger partial charge in [-0.15, -0.1) is 0 Å². The van der Waals surface area contributed by atoms with E-state index in [2.05, 4.69) is 5.32 Å². The molecule has 0 aliphatic carbocycles. The van der Waals surface area contributed by atoms with Crippen LogP contribution in [0.15, 0.2) is 18.2 Å². The molecule has 2 aliphatic heterocycles. The number of rotatable bonds is 1. The number of fused-ring (bicyclic) bond motifs is 1. The van der Waals surface area contributed by atoms with Crippen molar-refractivity contribution in [3.8, 4) is 11.5 Å². The molecular formula is C12H14FNO2. The maximum Gasteiger partial charge on any atom is 0.161 e. The summed E-state index contributed by atoms with van der Waals surface area (Å²) in [5, 5.41) is 3.04. The highest BCUT2D eigenvalue weighted by molar-refractivity contribution is 5.45. The van der Waals surface area contributed by atoms with Crippen molar-refractivity contribution in [2.24, 2.45) is 0 Å². The number of hydrogen-bond donors (Lipinski definition) is 1. The molecule has 0 amide bonds. The van der Waals surface area contributed by atoms with Crippen LogP contribution in [0.2, 0.25) is 0 Å². The molecule has 86 valence electrons. The van der Waals surface area contributed by atoms with E-state index in [1.165, 1.54) is 0 Å². The van der Waals surface area contributed by atoms with Crippen LogP contribution in [0.3, 0.4) is 0 Å². The van der Waals surface area contributed by atoms with Gasteiger partial charge in [0.25, 0.3) is 0 Å². The Morgan fingerprint density at radius 3 is 2.75 bits per heavy atom. The van der Waals surface area contributed by atoms with Crippen LogP contribution in [0.5, 0.6) is 11.5 Å². The zero-order valence-electron chi connectivity index (χ0n) is 8.96. The van der Waals surface area contributed by atoms with Crippen LogP contribution in [-0.2, 0) is 5.67 Å². The Bertz CT molecular complexity index is 402. The first-order valence-electron chi connectivity index (χ1n) is 5.58. The first-order chi connectivity index (χ1) is 7.78. The minimum Gasteiger partial charge on any atom is -0.486 e. The molecule has 2 heterocycles. The van der Waals surface area contributed by atoms with E-state index < -0.39 is 5.67 Å². The lowest BCUT2D eigenvalue weighted by Gasteiger charge is -2.23. The lowest BCUT2D eigenvalue weighted by Crippen LogP contribution is -2.24. The normalized spacial score (nSPS) is 28.1. The third-order valence-electron chi connectivity index (χ3n) is 3.16. The van der Waals surface area contributed by atoms with Crippen LogP contribution < -0.4 is 14.8 Å². The van der Waals surface area contributed by atoms with E-state index in [1.807, 2.05) is 0 Å². The second kappa shape index (κ2) is 3.63. The fraction of sp³-hybridized carbons (Fsp3) is 0.500. The lowest BCUT2D eigenvalue weighted by atomic mass is 9.94. The minimum atomic E-state index is -1.25. The Labute approximate surface area is 93.6 Å². The number of alkyl halides is 1. The van der Waals surface area contributed by atoms with Crippen LogP contribution in [0, 0.1) is 0 Å². The van der Waals surface area contributed by atoms with Gasteiger partial charge < -0.3 is 14.8 Å². The first-order valence-corrected chi connectivity index (χ1v) is 5.58. The Balaban J connectivity index is 1.96. The molecule has 2 aliphatic rings. The zero-order chi connectivity index (χ0) is 11.0. The molecular weight excluding hydrogens is 209 g/mol. The number of hydrogen-bond acceptors (Lipinski definition) is 3. The molecule has 0 spiro atoms. The molecule has 0 bridgehead atoms. The topological polar surface area (TPSA) is 30.5 Å². The summed E-state index contributed by atoms with van der Waals surface area (Å²) in [5.74, 6) is 1.37. The minimum absolute atomic E-state index is 0.382. The molecule has 0 saturated carbocycles. The van der Waals surface area contributed by atoms with Gasteiger partial charge in [-0.05, 0) is 30.7 Å². The van der Waals surface area contributed by atoms with Crippen LogP contribution >= 0.6 is 0 Å². The summed E-state index contributed by atoms with van der Waals surface area (Å²) >= 11 is 0. The van der Waals surface area contributed by atoms with Gasteiger partial charge in [-0.1, -0.05) is 6.07 Å². The standard InChI is InChI=1S/C12H14FNO2/c13-12(3-4-14-8-12)9-1-2-10-11(7-9)16-6-5-15-10/h1-2,7,14H,3-6,8H2. The maximum absolute atomic E-state index is 14.5. The Morgan fingerprint density at radius 1 is 1.19 bits per heavy atom. The van der Waals surface area contributed by atoms with Crippen molar-refractivity contribution >= 4 is 0 Å². The molecule has 0 aromatic heterocycles. The van der Waals surface area contributed by atoms with Gasteiger partial charge in [0, 0.05) is 6.54 Å². The second-order valence-corrected chi connectivity index (χ2v) is 4.25. The van der Waals surface area contributed by atoms with Crippen molar-refractivity contribution in [3.05, 3.63) is 23.8 Å². The summed E-state index contributed by atoms with van der Waals surface area (Å²) in [4.78, 5) is 0. The predicted molar refractivity (Wildman–Crippen MR) is 57.7 cm³/mol. The molecule has 16 heavy (non-hydrogen) atoms. The third kappa shape index (κ3) is 1.53. The van der Waals surface area contributed by atoms with Crippen molar-refractivity contribution in [1.29, 1.82) is 0 Å². The van der Waals surface area contributed by atoms with Gasteiger partial charge >= 0.3 is 0 Å². The second-order valence-electron chi connectivity index (χ2n) is 4.25. The highest BCUT2D eigenvalue weighted by Gasteiger charge is 2.36. The van der Waals surface area contributed by atoms with E-state index in [-0.39, 0.29) is 0 Å². The van der Waals surface area contributed by atoms with Gasteiger partial charge in [0.2, 0.25) is 0 Å². The molecule has 1 N–H and O–H groups in total. The van der Waals surface area contributed by atoms with Crippen LogP contribution in [0.1, 0.15) is 12.0 Å². The summed E-state index contributed by atoms with van der Waals surface area (Å²) in [7, 11) is 0. The maximum atomic E-state index is 14.5. The summed E-state index contributed by atoms with van der Waals surface area (Å²) in [6, 6.07) is 5.35. The van der Waals surface area contributed by atoms with E-state index in [0.717, 1.165) is 6.54 Å². The number of nitrogens with one attached hydrogen (secondary N) is 1. The molecule has 4 heteroatoms. The van der Waals surface area contributed by atoms with Gasteiger partial charge in [-0.25, -0.2) is 4.39 Å². The van der Waals surface area contributed by atoms with Crippen LogP contribution in [0.25, 0.3) is 0 Å². The van der Waals surface area contributed by atoms with Crippen molar-refractivity contribution in [2.45, 2.75) is 12.1 Å². The molecule has 1 atom stereocenters.